The van der Waals surface area contributed by atoms with Crippen LogP contribution in [0.3, 0.4) is 0 Å². The van der Waals surface area contributed by atoms with Gasteiger partial charge in [-0.2, -0.15) is 11.3 Å². The highest BCUT2D eigenvalue weighted by Gasteiger charge is 2.09. The molecule has 1 aromatic heterocycles. The van der Waals surface area contributed by atoms with E-state index in [0.717, 1.165) is 26.0 Å². The largest absolute Gasteiger partial charge is 0.385 e. The minimum absolute atomic E-state index is 0.506. The molecule has 0 saturated carbocycles. The van der Waals surface area contributed by atoms with Crippen LogP contribution in [0, 0.1) is 0 Å². The molecule has 0 aliphatic heterocycles. The van der Waals surface area contributed by atoms with E-state index in [1.807, 2.05) is 0 Å². The van der Waals surface area contributed by atoms with Crippen molar-refractivity contribution in [2.75, 3.05) is 20.3 Å². The number of nitrogens with one attached hydrogen (secondary N) is 1. The fourth-order valence-corrected chi connectivity index (χ4v) is 2.32. The van der Waals surface area contributed by atoms with Gasteiger partial charge in [-0.25, -0.2) is 0 Å². The molecule has 15 heavy (non-hydrogen) atoms. The fraction of sp³-hybridized carbons (Fsp3) is 0.667. The molecule has 0 aliphatic carbocycles. The highest BCUT2D eigenvalue weighted by Crippen LogP contribution is 2.20. The topological polar surface area (TPSA) is 21.3 Å². The van der Waals surface area contributed by atoms with Crippen molar-refractivity contribution in [3.8, 4) is 0 Å². The van der Waals surface area contributed by atoms with Gasteiger partial charge >= 0.3 is 0 Å². The second-order valence-electron chi connectivity index (χ2n) is 3.70. The summed E-state index contributed by atoms with van der Waals surface area (Å²) in [6.45, 7) is 4.15. The van der Waals surface area contributed by atoms with Crippen LogP contribution in [0.15, 0.2) is 16.8 Å². The minimum Gasteiger partial charge on any atom is -0.385 e. The van der Waals surface area contributed by atoms with Gasteiger partial charge < -0.3 is 10.1 Å². The Morgan fingerprint density at radius 2 is 2.40 bits per heavy atom. The van der Waals surface area contributed by atoms with Gasteiger partial charge in [-0.1, -0.05) is 6.92 Å². The van der Waals surface area contributed by atoms with E-state index in [4.69, 9.17) is 4.74 Å². The van der Waals surface area contributed by atoms with Crippen molar-refractivity contribution in [1.82, 2.24) is 5.32 Å². The normalized spacial score (nSPS) is 12.9. The molecule has 1 atom stereocenters. The summed E-state index contributed by atoms with van der Waals surface area (Å²) < 4.78 is 5.09. The third-order valence-corrected chi connectivity index (χ3v) is 3.13. The zero-order valence-electron chi connectivity index (χ0n) is 9.66. The summed E-state index contributed by atoms with van der Waals surface area (Å²) in [6, 6.07) is 2.72. The van der Waals surface area contributed by atoms with E-state index in [0.29, 0.717) is 6.04 Å². The van der Waals surface area contributed by atoms with Crippen molar-refractivity contribution in [3.05, 3.63) is 22.4 Å². The summed E-state index contributed by atoms with van der Waals surface area (Å²) in [7, 11) is 1.76. The highest BCUT2D eigenvalue weighted by molar-refractivity contribution is 7.07. The number of hydrogen-bond donors (Lipinski definition) is 1. The van der Waals surface area contributed by atoms with Crippen molar-refractivity contribution in [3.63, 3.8) is 0 Å². The van der Waals surface area contributed by atoms with E-state index < -0.39 is 0 Å². The molecular weight excluding hydrogens is 206 g/mol. The van der Waals surface area contributed by atoms with Crippen LogP contribution in [0.1, 0.15) is 37.8 Å². The van der Waals surface area contributed by atoms with E-state index in [-0.39, 0.29) is 0 Å². The first-order valence-electron chi connectivity index (χ1n) is 5.63. The zero-order valence-corrected chi connectivity index (χ0v) is 10.5. The monoisotopic (exact) mass is 227 g/mol. The molecule has 0 fully saturated rings. The molecule has 1 unspecified atom stereocenters. The lowest BCUT2D eigenvalue weighted by atomic mass is 10.1. The van der Waals surface area contributed by atoms with E-state index >= 15 is 0 Å². The molecule has 1 rings (SSSR count). The zero-order chi connectivity index (χ0) is 10.9. The van der Waals surface area contributed by atoms with Crippen molar-refractivity contribution in [2.45, 2.75) is 32.2 Å². The van der Waals surface area contributed by atoms with E-state index in [1.165, 1.54) is 12.0 Å². The minimum atomic E-state index is 0.506. The standard InChI is InChI=1S/C12H21NOS/c1-3-7-13-12(5-4-8-14-2)11-6-9-15-10-11/h6,9-10,12-13H,3-5,7-8H2,1-2H3. The predicted octanol–water partition coefficient (Wildman–Crippen LogP) is 3.22. The number of rotatable bonds is 8. The highest BCUT2D eigenvalue weighted by atomic mass is 32.1. The summed E-state index contributed by atoms with van der Waals surface area (Å²) in [4.78, 5) is 0. The van der Waals surface area contributed by atoms with Crippen molar-refractivity contribution >= 4 is 11.3 Å². The average Bonchev–Trinajstić information content (AvgIpc) is 2.76. The van der Waals surface area contributed by atoms with Crippen LogP contribution in [0.2, 0.25) is 0 Å². The molecule has 0 amide bonds. The maximum Gasteiger partial charge on any atom is 0.0462 e. The van der Waals surface area contributed by atoms with Crippen molar-refractivity contribution in [1.29, 1.82) is 0 Å². The van der Waals surface area contributed by atoms with Gasteiger partial charge in [-0.3, -0.25) is 0 Å². The molecule has 0 bridgehead atoms. The lowest BCUT2D eigenvalue weighted by molar-refractivity contribution is 0.189. The fourth-order valence-electron chi connectivity index (χ4n) is 1.61. The molecule has 1 aromatic rings. The Morgan fingerprint density at radius 3 is 3.00 bits per heavy atom. The lowest BCUT2D eigenvalue weighted by Crippen LogP contribution is -2.22. The van der Waals surface area contributed by atoms with Crippen molar-refractivity contribution in [2.24, 2.45) is 0 Å². The Hall–Kier alpha value is -0.380. The molecule has 1 heterocycles. The molecule has 0 saturated heterocycles. The van der Waals surface area contributed by atoms with Gasteiger partial charge in [0.1, 0.15) is 0 Å². The molecule has 0 aliphatic rings. The lowest BCUT2D eigenvalue weighted by Gasteiger charge is -2.17. The maximum absolute atomic E-state index is 5.09. The van der Waals surface area contributed by atoms with E-state index in [1.54, 1.807) is 18.4 Å². The average molecular weight is 227 g/mol. The van der Waals surface area contributed by atoms with Gasteiger partial charge in [-0.15, -0.1) is 0 Å². The maximum atomic E-state index is 5.09. The van der Waals surface area contributed by atoms with Crippen LogP contribution >= 0.6 is 11.3 Å². The molecule has 3 heteroatoms. The van der Waals surface area contributed by atoms with Gasteiger partial charge in [0, 0.05) is 19.8 Å². The summed E-state index contributed by atoms with van der Waals surface area (Å²) >= 11 is 1.77. The predicted molar refractivity (Wildman–Crippen MR) is 66.5 cm³/mol. The molecule has 0 aromatic carbocycles. The summed E-state index contributed by atoms with van der Waals surface area (Å²) in [5, 5.41) is 7.96. The Kier molecular flexibility index (Phi) is 6.64. The Bertz CT molecular complexity index is 236. The quantitative estimate of drug-likeness (QED) is 0.689. The van der Waals surface area contributed by atoms with Gasteiger partial charge in [-0.05, 0) is 48.2 Å². The molecule has 0 radical (unpaired) electrons. The van der Waals surface area contributed by atoms with Gasteiger partial charge in [0.15, 0.2) is 0 Å². The SMILES string of the molecule is CCCNC(CCCOC)c1ccsc1. The van der Waals surface area contributed by atoms with Gasteiger partial charge in [0.25, 0.3) is 0 Å². The summed E-state index contributed by atoms with van der Waals surface area (Å²) in [5.41, 5.74) is 1.42. The van der Waals surface area contributed by atoms with Crippen LogP contribution in [-0.4, -0.2) is 20.3 Å². The summed E-state index contributed by atoms with van der Waals surface area (Å²) in [5.74, 6) is 0. The first kappa shape index (κ1) is 12.7. The molecule has 86 valence electrons. The van der Waals surface area contributed by atoms with Gasteiger partial charge in [0.05, 0.1) is 0 Å². The molecule has 0 spiro atoms. The molecule has 2 nitrogen and oxygen atoms in total. The number of hydrogen-bond acceptors (Lipinski definition) is 3. The van der Waals surface area contributed by atoms with Crippen LogP contribution in [0.5, 0.6) is 0 Å². The number of methoxy groups -OCH3 is 1. The van der Waals surface area contributed by atoms with Crippen LogP contribution in [-0.2, 0) is 4.74 Å². The number of thiophene rings is 1. The molecule has 1 N–H and O–H groups in total. The smallest absolute Gasteiger partial charge is 0.0462 e. The Morgan fingerprint density at radius 1 is 1.53 bits per heavy atom. The van der Waals surface area contributed by atoms with Gasteiger partial charge in [0.2, 0.25) is 0 Å². The summed E-state index contributed by atoms with van der Waals surface area (Å²) in [6.07, 6.45) is 3.46. The Balaban J connectivity index is 2.39. The van der Waals surface area contributed by atoms with Crippen LogP contribution in [0.4, 0.5) is 0 Å². The first-order chi connectivity index (χ1) is 7.38. The van der Waals surface area contributed by atoms with Crippen LogP contribution < -0.4 is 5.32 Å². The second kappa shape index (κ2) is 7.85. The van der Waals surface area contributed by atoms with E-state index in [2.05, 4.69) is 29.1 Å². The second-order valence-corrected chi connectivity index (χ2v) is 4.48. The van der Waals surface area contributed by atoms with Crippen LogP contribution in [0.25, 0.3) is 0 Å². The molecular formula is C12H21NOS. The Labute approximate surface area is 96.7 Å². The third kappa shape index (κ3) is 4.78. The third-order valence-electron chi connectivity index (χ3n) is 2.43. The number of ether oxygens (including phenoxy) is 1. The van der Waals surface area contributed by atoms with E-state index in [9.17, 15) is 0 Å². The first-order valence-corrected chi connectivity index (χ1v) is 6.57. The van der Waals surface area contributed by atoms with Crippen molar-refractivity contribution < 1.29 is 4.74 Å².